The summed E-state index contributed by atoms with van der Waals surface area (Å²) in [6.45, 7) is 0.0614. The van der Waals surface area contributed by atoms with Crippen molar-refractivity contribution in [2.24, 2.45) is 0 Å². The number of nitrogens with one attached hydrogen (secondary N) is 2. The summed E-state index contributed by atoms with van der Waals surface area (Å²) in [6, 6.07) is 0. The third kappa shape index (κ3) is 2.38. The highest BCUT2D eigenvalue weighted by molar-refractivity contribution is 7.15. The van der Waals surface area contributed by atoms with Gasteiger partial charge in [0.15, 0.2) is 0 Å². The van der Waals surface area contributed by atoms with Crippen molar-refractivity contribution < 1.29 is 4.39 Å². The molecule has 2 N–H and O–H groups in total. The van der Waals surface area contributed by atoms with E-state index < -0.39 is 17.1 Å². The van der Waals surface area contributed by atoms with Gasteiger partial charge in [-0.2, -0.15) is 4.39 Å². The second-order valence-electron chi connectivity index (χ2n) is 3.12. The molecule has 0 saturated heterocycles. The summed E-state index contributed by atoms with van der Waals surface area (Å²) >= 11 is 1.24. The molecule has 17 heavy (non-hydrogen) atoms. The van der Waals surface area contributed by atoms with Gasteiger partial charge in [0.05, 0.1) is 12.7 Å². The van der Waals surface area contributed by atoms with Crippen LogP contribution in [-0.4, -0.2) is 26.8 Å². The smallest absolute Gasteiger partial charge is 0.328 e. The van der Waals surface area contributed by atoms with Crippen LogP contribution >= 0.6 is 11.3 Å². The van der Waals surface area contributed by atoms with Crippen LogP contribution in [-0.2, 0) is 6.54 Å². The second-order valence-corrected chi connectivity index (χ2v) is 4.18. The van der Waals surface area contributed by atoms with Gasteiger partial charge in [-0.25, -0.2) is 4.79 Å². The van der Waals surface area contributed by atoms with Gasteiger partial charge in [-0.3, -0.25) is 14.3 Å². The van der Waals surface area contributed by atoms with Crippen molar-refractivity contribution in [2.75, 3.05) is 12.4 Å². The summed E-state index contributed by atoms with van der Waals surface area (Å²) < 4.78 is 14.0. The number of nitrogens with zero attached hydrogens (tertiary/aromatic N) is 3. The van der Waals surface area contributed by atoms with Crippen molar-refractivity contribution in [1.82, 2.24) is 19.7 Å². The minimum Gasteiger partial charge on any atom is -0.363 e. The standard InChI is InChI=1S/C8H8FN5O2S/c1-10-7-13-12-5(17-7)3-14-2-4(9)6(15)11-8(14)16/h2H,3H2,1H3,(H,10,13)(H,11,15,16). The van der Waals surface area contributed by atoms with Crippen LogP contribution < -0.4 is 16.6 Å². The molecule has 2 heterocycles. The fraction of sp³-hybridized carbons (Fsp3) is 0.250. The van der Waals surface area contributed by atoms with E-state index >= 15 is 0 Å². The molecule has 0 spiro atoms. The fourth-order valence-corrected chi connectivity index (χ4v) is 1.86. The highest BCUT2D eigenvalue weighted by Crippen LogP contribution is 2.14. The summed E-state index contributed by atoms with van der Waals surface area (Å²) in [6.07, 6.45) is 0.849. The first-order valence-electron chi connectivity index (χ1n) is 4.59. The number of aromatic nitrogens is 4. The Bertz CT molecular complexity index is 646. The number of hydrogen-bond donors (Lipinski definition) is 2. The topological polar surface area (TPSA) is 92.7 Å². The quantitative estimate of drug-likeness (QED) is 0.781. The van der Waals surface area contributed by atoms with Crippen LogP contribution in [0.15, 0.2) is 15.8 Å². The van der Waals surface area contributed by atoms with Crippen LogP contribution in [0.25, 0.3) is 0 Å². The Kier molecular flexibility index (Phi) is 3.00. The number of aromatic amines is 1. The maximum atomic E-state index is 13.0. The molecule has 0 unspecified atom stereocenters. The average molecular weight is 257 g/mol. The molecule has 2 aromatic rings. The van der Waals surface area contributed by atoms with Gasteiger partial charge in [0, 0.05) is 7.05 Å². The summed E-state index contributed by atoms with van der Waals surface area (Å²) in [7, 11) is 1.69. The minimum atomic E-state index is -1.03. The molecule has 90 valence electrons. The molecule has 0 fully saturated rings. The Balaban J connectivity index is 2.33. The Morgan fingerprint density at radius 3 is 2.94 bits per heavy atom. The van der Waals surface area contributed by atoms with Crippen LogP contribution in [0.1, 0.15) is 5.01 Å². The molecule has 0 saturated carbocycles. The zero-order valence-electron chi connectivity index (χ0n) is 8.73. The first kappa shape index (κ1) is 11.5. The largest absolute Gasteiger partial charge is 0.363 e. The predicted molar refractivity (Wildman–Crippen MR) is 59.8 cm³/mol. The average Bonchev–Trinajstić information content (AvgIpc) is 2.73. The minimum absolute atomic E-state index is 0.0614. The molecule has 0 aliphatic rings. The van der Waals surface area contributed by atoms with Gasteiger partial charge in [-0.05, 0) is 0 Å². The van der Waals surface area contributed by atoms with Crippen LogP contribution in [0.2, 0.25) is 0 Å². The Morgan fingerprint density at radius 2 is 2.29 bits per heavy atom. The number of hydrogen-bond acceptors (Lipinski definition) is 6. The Labute approximate surface area is 98.0 Å². The molecule has 0 bridgehead atoms. The molecule has 2 aromatic heterocycles. The van der Waals surface area contributed by atoms with Crippen molar-refractivity contribution in [3.63, 3.8) is 0 Å². The van der Waals surface area contributed by atoms with E-state index in [-0.39, 0.29) is 6.54 Å². The lowest BCUT2D eigenvalue weighted by molar-refractivity contribution is 0.565. The van der Waals surface area contributed by atoms with Gasteiger partial charge in [0.25, 0.3) is 5.56 Å². The van der Waals surface area contributed by atoms with E-state index in [2.05, 4.69) is 15.5 Å². The van der Waals surface area contributed by atoms with Gasteiger partial charge < -0.3 is 5.32 Å². The fourth-order valence-electron chi connectivity index (χ4n) is 1.16. The van der Waals surface area contributed by atoms with Gasteiger partial charge in [-0.15, -0.1) is 10.2 Å². The van der Waals surface area contributed by atoms with Crippen molar-refractivity contribution in [1.29, 1.82) is 0 Å². The van der Waals surface area contributed by atoms with Gasteiger partial charge in [0.2, 0.25) is 10.9 Å². The van der Waals surface area contributed by atoms with Gasteiger partial charge >= 0.3 is 5.69 Å². The summed E-state index contributed by atoms with van der Waals surface area (Å²) in [4.78, 5) is 24.0. The van der Waals surface area contributed by atoms with Crippen LogP contribution in [0.5, 0.6) is 0 Å². The summed E-state index contributed by atoms with van der Waals surface area (Å²) in [5, 5.41) is 11.5. The Morgan fingerprint density at radius 1 is 1.53 bits per heavy atom. The van der Waals surface area contributed by atoms with Crippen molar-refractivity contribution >= 4 is 16.5 Å². The molecule has 0 aromatic carbocycles. The number of anilines is 1. The molecule has 2 rings (SSSR count). The molecule has 7 nitrogen and oxygen atoms in total. The second kappa shape index (κ2) is 4.45. The van der Waals surface area contributed by atoms with E-state index in [4.69, 9.17) is 0 Å². The van der Waals surface area contributed by atoms with E-state index in [1.807, 2.05) is 4.98 Å². The first-order valence-corrected chi connectivity index (χ1v) is 5.41. The maximum absolute atomic E-state index is 13.0. The molecule has 0 atom stereocenters. The monoisotopic (exact) mass is 257 g/mol. The number of rotatable bonds is 3. The van der Waals surface area contributed by atoms with Crippen molar-refractivity contribution in [3.8, 4) is 0 Å². The third-order valence-electron chi connectivity index (χ3n) is 1.95. The highest BCUT2D eigenvalue weighted by atomic mass is 32.1. The highest BCUT2D eigenvalue weighted by Gasteiger charge is 2.07. The molecule has 0 amide bonds. The van der Waals surface area contributed by atoms with Crippen LogP contribution in [0.4, 0.5) is 9.52 Å². The zero-order chi connectivity index (χ0) is 12.4. The molecule has 9 heteroatoms. The molecular formula is C8H8FN5O2S. The van der Waals surface area contributed by atoms with Crippen LogP contribution in [0.3, 0.4) is 0 Å². The lowest BCUT2D eigenvalue weighted by atomic mass is 10.5. The van der Waals surface area contributed by atoms with Gasteiger partial charge in [-0.1, -0.05) is 11.3 Å². The molecular weight excluding hydrogens is 249 g/mol. The lowest BCUT2D eigenvalue weighted by Crippen LogP contribution is -2.31. The molecule has 0 aliphatic carbocycles. The van der Waals surface area contributed by atoms with E-state index in [0.717, 1.165) is 10.8 Å². The summed E-state index contributed by atoms with van der Waals surface area (Å²) in [5.74, 6) is -1.01. The maximum Gasteiger partial charge on any atom is 0.328 e. The molecule has 0 radical (unpaired) electrons. The van der Waals surface area contributed by atoms with E-state index in [1.165, 1.54) is 11.3 Å². The lowest BCUT2D eigenvalue weighted by Gasteiger charge is -2.00. The van der Waals surface area contributed by atoms with E-state index in [9.17, 15) is 14.0 Å². The normalized spacial score (nSPS) is 10.5. The van der Waals surface area contributed by atoms with Crippen molar-refractivity contribution in [3.05, 3.63) is 37.9 Å². The number of halogens is 1. The molecule has 0 aliphatic heterocycles. The third-order valence-corrected chi connectivity index (χ3v) is 2.88. The van der Waals surface area contributed by atoms with Gasteiger partial charge in [0.1, 0.15) is 5.01 Å². The zero-order valence-corrected chi connectivity index (χ0v) is 9.55. The van der Waals surface area contributed by atoms with E-state index in [0.29, 0.717) is 10.1 Å². The predicted octanol–water partition coefficient (Wildman–Crippen LogP) is -0.383. The van der Waals surface area contributed by atoms with Crippen molar-refractivity contribution in [2.45, 2.75) is 6.54 Å². The Hall–Kier alpha value is -2.03. The summed E-state index contributed by atoms with van der Waals surface area (Å²) in [5.41, 5.74) is -1.71. The number of H-pyrrole nitrogens is 1. The first-order chi connectivity index (χ1) is 8.10. The van der Waals surface area contributed by atoms with Crippen LogP contribution in [0, 0.1) is 5.82 Å². The van der Waals surface area contributed by atoms with E-state index in [1.54, 1.807) is 7.05 Å². The SMILES string of the molecule is CNc1nnc(Cn2cc(F)c(=O)[nH]c2=O)s1.